The first-order chi connectivity index (χ1) is 29.7. The van der Waals surface area contributed by atoms with Gasteiger partial charge in [-0.05, 0) is 133 Å². The molecule has 0 aliphatic carbocycles. The van der Waals surface area contributed by atoms with Gasteiger partial charge in [-0.1, -0.05) is 170 Å². The number of benzene rings is 10. The normalized spacial score (nSPS) is 11.3. The van der Waals surface area contributed by atoms with Crippen LogP contribution in [0.3, 0.4) is 0 Å². The molecule has 0 aliphatic rings. The van der Waals surface area contributed by atoms with E-state index in [4.69, 9.17) is 0 Å². The lowest BCUT2D eigenvalue weighted by Crippen LogP contribution is -2.09. The zero-order chi connectivity index (χ0) is 39.8. The molecule has 11 rings (SSSR count). The number of hydrogen-bond donors (Lipinski definition) is 0. The molecule has 1 heterocycles. The summed E-state index contributed by atoms with van der Waals surface area (Å²) in [6.07, 6.45) is 0. The molecule has 0 spiro atoms. The number of nitrogens with zero attached hydrogens (tertiary/aromatic N) is 1. The fourth-order valence-electron chi connectivity index (χ4n) is 8.60. The number of hydrogen-bond acceptors (Lipinski definition) is 2. The van der Waals surface area contributed by atoms with Crippen LogP contribution in [0.2, 0.25) is 0 Å². The van der Waals surface area contributed by atoms with E-state index in [1.165, 1.54) is 86.6 Å². The third-order valence-corrected chi connectivity index (χ3v) is 12.8. The molecule has 1 aromatic heterocycles. The van der Waals surface area contributed by atoms with Gasteiger partial charge < -0.3 is 4.90 Å². The monoisotopic (exact) mass is 781 g/mol. The Hall–Kier alpha value is -7.52. The fourth-order valence-corrected chi connectivity index (χ4v) is 9.66. The molecule has 2 heteroatoms. The van der Waals surface area contributed by atoms with Gasteiger partial charge in [0.25, 0.3) is 0 Å². The van der Waals surface area contributed by atoms with Gasteiger partial charge in [0, 0.05) is 37.2 Å². The van der Waals surface area contributed by atoms with E-state index >= 15 is 0 Å². The van der Waals surface area contributed by atoms with Crippen molar-refractivity contribution in [2.75, 3.05) is 4.90 Å². The van der Waals surface area contributed by atoms with Gasteiger partial charge >= 0.3 is 0 Å². The second-order valence-corrected chi connectivity index (χ2v) is 16.4. The van der Waals surface area contributed by atoms with E-state index in [1.54, 1.807) is 0 Å². The Morgan fingerprint density at radius 2 is 0.633 bits per heavy atom. The minimum atomic E-state index is 1.10. The van der Waals surface area contributed by atoms with E-state index < -0.39 is 0 Å². The third-order valence-electron chi connectivity index (χ3n) is 11.7. The summed E-state index contributed by atoms with van der Waals surface area (Å²) in [6, 6.07) is 86.0. The van der Waals surface area contributed by atoms with Crippen molar-refractivity contribution in [3.05, 3.63) is 237 Å². The molecule has 60 heavy (non-hydrogen) atoms. The van der Waals surface area contributed by atoms with E-state index in [9.17, 15) is 0 Å². The van der Waals surface area contributed by atoms with Crippen molar-refractivity contribution in [1.82, 2.24) is 0 Å². The first kappa shape index (κ1) is 35.6. The predicted octanol–water partition coefficient (Wildman–Crippen LogP) is 17.0. The Bertz CT molecular complexity index is 3190. The van der Waals surface area contributed by atoms with Crippen molar-refractivity contribution in [3.63, 3.8) is 0 Å². The lowest BCUT2D eigenvalue weighted by molar-refractivity contribution is 1.28. The summed E-state index contributed by atoms with van der Waals surface area (Å²) in [4.78, 5) is 2.34. The summed E-state index contributed by atoms with van der Waals surface area (Å²) in [7, 11) is 0. The minimum Gasteiger partial charge on any atom is -0.311 e. The zero-order valence-corrected chi connectivity index (χ0v) is 33.7. The van der Waals surface area contributed by atoms with E-state index in [0.717, 1.165) is 17.1 Å². The third kappa shape index (κ3) is 6.73. The van der Waals surface area contributed by atoms with E-state index in [2.05, 4.69) is 241 Å². The standard InChI is InChI=1S/C58H39NS/c1-3-11-40(12-4-1)42-21-29-50(30-22-42)59(51-31-23-43(24-32-51)41-13-5-2-6-14-41)52-33-25-44(26-34-52)46-17-9-18-47(37-46)48-27-35-57-55(38-48)56-39-49(28-36-58(56)60-57)54-20-10-16-45-15-7-8-19-53(45)54/h1-39H. The van der Waals surface area contributed by atoms with E-state index in [0.29, 0.717) is 0 Å². The Kier molecular flexibility index (Phi) is 9.11. The molecule has 10 aromatic carbocycles. The van der Waals surface area contributed by atoms with Crippen molar-refractivity contribution < 1.29 is 0 Å². The summed E-state index contributed by atoms with van der Waals surface area (Å²) in [6.45, 7) is 0. The summed E-state index contributed by atoms with van der Waals surface area (Å²) in [5.74, 6) is 0. The van der Waals surface area contributed by atoms with Crippen molar-refractivity contribution in [3.8, 4) is 55.6 Å². The van der Waals surface area contributed by atoms with Crippen molar-refractivity contribution in [2.24, 2.45) is 0 Å². The highest BCUT2D eigenvalue weighted by Gasteiger charge is 2.15. The molecule has 0 amide bonds. The SMILES string of the molecule is c1ccc(-c2ccc(N(c3ccc(-c4ccccc4)cc3)c3ccc(-c4cccc(-c5ccc6sc7ccc(-c8cccc9ccccc89)cc7c6c5)c4)cc3)cc2)cc1. The van der Waals surface area contributed by atoms with Crippen molar-refractivity contribution in [1.29, 1.82) is 0 Å². The Morgan fingerprint density at radius 1 is 0.250 bits per heavy atom. The Balaban J connectivity index is 0.923. The van der Waals surface area contributed by atoms with Gasteiger partial charge in [0.2, 0.25) is 0 Å². The first-order valence-electron chi connectivity index (χ1n) is 20.5. The second kappa shape index (κ2) is 15.3. The maximum Gasteiger partial charge on any atom is 0.0462 e. The average molecular weight is 782 g/mol. The van der Waals surface area contributed by atoms with Crippen LogP contribution in [0.1, 0.15) is 0 Å². The van der Waals surface area contributed by atoms with Crippen molar-refractivity contribution in [2.45, 2.75) is 0 Å². The zero-order valence-electron chi connectivity index (χ0n) is 32.9. The minimum absolute atomic E-state index is 1.10. The van der Waals surface area contributed by atoms with Crippen LogP contribution >= 0.6 is 11.3 Å². The predicted molar refractivity (Wildman–Crippen MR) is 259 cm³/mol. The second-order valence-electron chi connectivity index (χ2n) is 15.3. The lowest BCUT2D eigenvalue weighted by Gasteiger charge is -2.26. The molecular formula is C58H39NS. The highest BCUT2D eigenvalue weighted by Crippen LogP contribution is 2.41. The van der Waals surface area contributed by atoms with Gasteiger partial charge in [0.15, 0.2) is 0 Å². The van der Waals surface area contributed by atoms with Gasteiger partial charge in [-0.15, -0.1) is 11.3 Å². The molecule has 0 atom stereocenters. The van der Waals surface area contributed by atoms with Crippen LogP contribution in [-0.2, 0) is 0 Å². The number of anilines is 3. The summed E-state index contributed by atoms with van der Waals surface area (Å²) >= 11 is 1.87. The molecule has 282 valence electrons. The van der Waals surface area contributed by atoms with Crippen molar-refractivity contribution >= 4 is 59.3 Å². The molecule has 1 nitrogen and oxygen atoms in total. The van der Waals surface area contributed by atoms with Crippen LogP contribution in [-0.4, -0.2) is 0 Å². The van der Waals surface area contributed by atoms with Gasteiger partial charge in [-0.3, -0.25) is 0 Å². The first-order valence-corrected chi connectivity index (χ1v) is 21.3. The molecule has 0 aliphatic heterocycles. The van der Waals surface area contributed by atoms with Crippen LogP contribution in [0, 0.1) is 0 Å². The molecule has 0 fully saturated rings. The van der Waals surface area contributed by atoms with Gasteiger partial charge in [-0.25, -0.2) is 0 Å². The quantitative estimate of drug-likeness (QED) is 0.148. The Labute approximate surface area is 354 Å². The van der Waals surface area contributed by atoms with Crippen LogP contribution in [0.25, 0.3) is 86.6 Å². The van der Waals surface area contributed by atoms with Gasteiger partial charge in [0.1, 0.15) is 0 Å². The highest BCUT2D eigenvalue weighted by atomic mass is 32.1. The summed E-state index contributed by atoms with van der Waals surface area (Å²) < 4.78 is 2.62. The van der Waals surface area contributed by atoms with E-state index in [1.807, 2.05) is 11.3 Å². The van der Waals surface area contributed by atoms with Crippen LogP contribution in [0.15, 0.2) is 237 Å². The summed E-state index contributed by atoms with van der Waals surface area (Å²) in [5.41, 5.74) is 15.5. The van der Waals surface area contributed by atoms with Gasteiger partial charge in [-0.2, -0.15) is 0 Å². The lowest BCUT2D eigenvalue weighted by atomic mass is 9.96. The maximum atomic E-state index is 2.39. The topological polar surface area (TPSA) is 3.24 Å². The number of thiophene rings is 1. The molecule has 0 unspecified atom stereocenters. The average Bonchev–Trinajstić information content (AvgIpc) is 3.70. The maximum absolute atomic E-state index is 2.39. The van der Waals surface area contributed by atoms with Crippen LogP contribution in [0.4, 0.5) is 17.1 Å². The molecule has 0 saturated carbocycles. The van der Waals surface area contributed by atoms with Crippen LogP contribution < -0.4 is 4.90 Å². The Morgan fingerprint density at radius 3 is 1.22 bits per heavy atom. The molecule has 0 saturated heterocycles. The molecule has 11 aromatic rings. The van der Waals surface area contributed by atoms with Gasteiger partial charge in [0.05, 0.1) is 0 Å². The number of fused-ring (bicyclic) bond motifs is 4. The van der Waals surface area contributed by atoms with Crippen LogP contribution in [0.5, 0.6) is 0 Å². The molecule has 0 bridgehead atoms. The fraction of sp³-hybridized carbons (Fsp3) is 0. The van der Waals surface area contributed by atoms with E-state index in [-0.39, 0.29) is 0 Å². The molecule has 0 N–H and O–H groups in total. The summed E-state index contributed by atoms with van der Waals surface area (Å²) in [5, 5.41) is 5.16. The number of rotatable bonds is 8. The molecular weight excluding hydrogens is 743 g/mol. The smallest absolute Gasteiger partial charge is 0.0462 e. The largest absolute Gasteiger partial charge is 0.311 e. The highest BCUT2D eigenvalue weighted by molar-refractivity contribution is 7.25. The molecule has 0 radical (unpaired) electrons.